The van der Waals surface area contributed by atoms with Gasteiger partial charge in [-0.2, -0.15) is 13.2 Å². The lowest BCUT2D eigenvalue weighted by Gasteiger charge is -2.33. The average molecular weight is 445 g/mol. The molecule has 1 aromatic carbocycles. The Bertz CT molecular complexity index is 859. The molecule has 3 fully saturated rings. The van der Waals surface area contributed by atoms with E-state index in [9.17, 15) is 22.8 Å². The third-order valence-electron chi connectivity index (χ3n) is 6.29. The highest BCUT2D eigenvalue weighted by atomic mass is 35.5. The van der Waals surface area contributed by atoms with Gasteiger partial charge in [0, 0.05) is 35.9 Å². The quantitative estimate of drug-likeness (QED) is 0.708. The van der Waals surface area contributed by atoms with E-state index in [4.69, 9.17) is 11.6 Å². The zero-order valence-electron chi connectivity index (χ0n) is 16.6. The van der Waals surface area contributed by atoms with Crippen molar-refractivity contribution in [1.82, 2.24) is 15.1 Å². The monoisotopic (exact) mass is 444 g/mol. The van der Waals surface area contributed by atoms with Crippen molar-refractivity contribution in [2.45, 2.75) is 50.0 Å². The van der Waals surface area contributed by atoms with Gasteiger partial charge >= 0.3 is 6.18 Å². The predicted molar refractivity (Wildman–Crippen MR) is 106 cm³/mol. The number of nitrogens with one attached hydrogen (secondary N) is 2. The molecule has 164 valence electrons. The van der Waals surface area contributed by atoms with Crippen LogP contribution in [0, 0.1) is 6.92 Å². The minimum atomic E-state index is -4.40. The number of hydrogen-bond acceptors (Lipinski definition) is 4. The van der Waals surface area contributed by atoms with Gasteiger partial charge in [0.2, 0.25) is 11.8 Å². The molecule has 3 aliphatic rings. The number of benzene rings is 1. The van der Waals surface area contributed by atoms with Gasteiger partial charge in [0.15, 0.2) is 0 Å². The minimum absolute atomic E-state index is 0.0408. The van der Waals surface area contributed by atoms with Crippen LogP contribution in [-0.2, 0) is 9.59 Å². The summed E-state index contributed by atoms with van der Waals surface area (Å²) >= 11 is 6.08. The fourth-order valence-corrected chi connectivity index (χ4v) is 4.55. The fourth-order valence-electron chi connectivity index (χ4n) is 4.37. The molecule has 0 radical (unpaired) electrons. The lowest BCUT2D eigenvalue weighted by Crippen LogP contribution is -2.54. The van der Waals surface area contributed by atoms with Crippen LogP contribution >= 0.6 is 11.6 Å². The number of rotatable bonds is 6. The molecule has 2 heterocycles. The lowest BCUT2D eigenvalue weighted by molar-refractivity contribution is -0.170. The maximum atomic E-state index is 13.0. The van der Waals surface area contributed by atoms with Gasteiger partial charge in [0.1, 0.15) is 5.54 Å². The Balaban J connectivity index is 1.25. The Labute approximate surface area is 177 Å². The van der Waals surface area contributed by atoms with E-state index in [1.165, 1.54) is 0 Å². The lowest BCUT2D eigenvalue weighted by atomic mass is 10.2. The topological polar surface area (TPSA) is 64.7 Å². The van der Waals surface area contributed by atoms with Crippen LogP contribution in [0.5, 0.6) is 0 Å². The van der Waals surface area contributed by atoms with Crippen LogP contribution in [0.2, 0.25) is 5.02 Å². The van der Waals surface area contributed by atoms with Gasteiger partial charge < -0.3 is 10.6 Å². The molecule has 0 aromatic heterocycles. The zero-order chi connectivity index (χ0) is 21.7. The summed E-state index contributed by atoms with van der Waals surface area (Å²) in [6.07, 6.45) is -3.70. The molecule has 0 unspecified atom stereocenters. The second kappa shape index (κ2) is 7.69. The third-order valence-corrected chi connectivity index (χ3v) is 6.69. The van der Waals surface area contributed by atoms with Gasteiger partial charge in [-0.15, -0.1) is 0 Å². The van der Waals surface area contributed by atoms with E-state index in [0.717, 1.165) is 12.0 Å². The van der Waals surface area contributed by atoms with Crippen LogP contribution in [0.1, 0.15) is 24.8 Å². The van der Waals surface area contributed by atoms with E-state index in [-0.39, 0.29) is 43.9 Å². The number of aryl methyl sites for hydroxylation is 1. The van der Waals surface area contributed by atoms with Crippen LogP contribution in [0.25, 0.3) is 0 Å². The third kappa shape index (κ3) is 4.29. The van der Waals surface area contributed by atoms with Crippen molar-refractivity contribution in [2.75, 3.05) is 31.5 Å². The number of hydrogen-bond donors (Lipinski definition) is 2. The van der Waals surface area contributed by atoms with Crippen LogP contribution in [0.3, 0.4) is 0 Å². The van der Waals surface area contributed by atoms with Crippen LogP contribution < -0.4 is 10.6 Å². The number of carbonyl (C=O) groups is 2. The van der Waals surface area contributed by atoms with Crippen molar-refractivity contribution in [2.24, 2.45) is 0 Å². The molecule has 4 rings (SSSR count). The first kappa shape index (κ1) is 21.4. The Hall–Kier alpha value is -1.84. The van der Waals surface area contributed by atoms with Crippen molar-refractivity contribution in [3.8, 4) is 0 Å². The predicted octanol–water partition coefficient (Wildman–Crippen LogP) is 2.56. The number of nitrogens with zero attached hydrogens (tertiary/aromatic N) is 2. The molecule has 10 heteroatoms. The molecule has 1 aliphatic carbocycles. The van der Waals surface area contributed by atoms with Gasteiger partial charge in [0.25, 0.3) is 0 Å². The van der Waals surface area contributed by atoms with Crippen molar-refractivity contribution in [1.29, 1.82) is 0 Å². The molecule has 1 aromatic rings. The molecule has 1 saturated carbocycles. The van der Waals surface area contributed by atoms with Crippen molar-refractivity contribution in [3.63, 3.8) is 0 Å². The van der Waals surface area contributed by atoms with Gasteiger partial charge in [-0.25, -0.2) is 0 Å². The fraction of sp³-hybridized carbons (Fsp3) is 0.600. The Kier molecular flexibility index (Phi) is 5.48. The van der Waals surface area contributed by atoms with E-state index >= 15 is 0 Å². The molecule has 6 nitrogen and oxygen atoms in total. The molecule has 2 saturated heterocycles. The highest BCUT2D eigenvalue weighted by molar-refractivity contribution is 6.31. The highest BCUT2D eigenvalue weighted by Crippen LogP contribution is 2.48. The van der Waals surface area contributed by atoms with Crippen molar-refractivity contribution in [3.05, 3.63) is 28.8 Å². The SMILES string of the molecule is Cc1ccc(NC(=O)CN2C[C@@H]3C[C@H]2CN3CC(=O)NC2(C(F)(F)F)CC2)cc1Cl. The summed E-state index contributed by atoms with van der Waals surface area (Å²) < 4.78 is 39.0. The molecular weight excluding hydrogens is 421 g/mol. The zero-order valence-corrected chi connectivity index (χ0v) is 17.3. The Morgan fingerprint density at radius 1 is 1.13 bits per heavy atom. The Morgan fingerprint density at radius 2 is 1.73 bits per heavy atom. The van der Waals surface area contributed by atoms with Gasteiger partial charge in [-0.05, 0) is 43.9 Å². The molecular formula is C20H24ClF3N4O2. The van der Waals surface area contributed by atoms with Crippen LogP contribution in [0.4, 0.5) is 18.9 Å². The molecule has 0 spiro atoms. The van der Waals surface area contributed by atoms with Gasteiger partial charge in [-0.1, -0.05) is 17.7 Å². The van der Waals surface area contributed by atoms with E-state index in [2.05, 4.69) is 15.5 Å². The Morgan fingerprint density at radius 3 is 2.23 bits per heavy atom. The summed E-state index contributed by atoms with van der Waals surface area (Å²) in [5.41, 5.74) is -0.457. The first-order chi connectivity index (χ1) is 14.1. The number of amides is 2. The number of fused-ring (bicyclic) bond motifs is 2. The molecule has 30 heavy (non-hydrogen) atoms. The molecule has 2 bridgehead atoms. The van der Waals surface area contributed by atoms with Crippen LogP contribution in [0.15, 0.2) is 18.2 Å². The number of anilines is 1. The second-order valence-corrected chi connectivity index (χ2v) is 8.95. The summed E-state index contributed by atoms with van der Waals surface area (Å²) in [5, 5.41) is 5.60. The van der Waals surface area contributed by atoms with E-state index in [0.29, 0.717) is 23.8 Å². The second-order valence-electron chi connectivity index (χ2n) is 8.54. The highest BCUT2D eigenvalue weighted by Gasteiger charge is 2.64. The summed E-state index contributed by atoms with van der Waals surface area (Å²) in [5.74, 6) is -0.731. The van der Waals surface area contributed by atoms with Crippen molar-refractivity contribution < 1.29 is 22.8 Å². The van der Waals surface area contributed by atoms with Crippen LogP contribution in [-0.4, -0.2) is 71.6 Å². The standard InChI is InChI=1S/C20H24ClF3N4O2/c1-12-2-3-13(6-16(12)21)25-17(29)10-27-8-15-7-14(27)9-28(15)11-18(30)26-19(4-5-19)20(22,23)24/h2-3,6,14-15H,4-5,7-11H2,1H3,(H,25,29)(H,26,30)/t14-,15-/m0/s1. The maximum Gasteiger partial charge on any atom is 0.411 e. The first-order valence-electron chi connectivity index (χ1n) is 9.98. The van der Waals surface area contributed by atoms with E-state index in [1.54, 1.807) is 12.1 Å². The summed E-state index contributed by atoms with van der Waals surface area (Å²) in [7, 11) is 0. The molecule has 2 N–H and O–H groups in total. The molecule has 2 atom stereocenters. The molecule has 2 aliphatic heterocycles. The largest absolute Gasteiger partial charge is 0.411 e. The number of alkyl halides is 3. The van der Waals surface area contributed by atoms with Gasteiger partial charge in [0.05, 0.1) is 13.1 Å². The van der Waals surface area contributed by atoms with E-state index in [1.807, 2.05) is 17.9 Å². The normalized spacial score (nSPS) is 25.4. The number of piperazine rings is 1. The maximum absolute atomic E-state index is 13.0. The average Bonchev–Trinajstić information content (AvgIpc) is 3.19. The summed E-state index contributed by atoms with van der Waals surface area (Å²) in [6, 6.07) is 5.53. The number of likely N-dealkylation sites (tertiary alicyclic amines) is 2. The number of carbonyl (C=O) groups excluding carboxylic acids is 2. The summed E-state index contributed by atoms with van der Waals surface area (Å²) in [4.78, 5) is 28.5. The minimum Gasteiger partial charge on any atom is -0.341 e. The van der Waals surface area contributed by atoms with Crippen molar-refractivity contribution >= 4 is 29.1 Å². The molecule has 2 amide bonds. The van der Waals surface area contributed by atoms with E-state index < -0.39 is 17.6 Å². The first-order valence-corrected chi connectivity index (χ1v) is 10.4. The van der Waals surface area contributed by atoms with Gasteiger partial charge in [-0.3, -0.25) is 19.4 Å². The smallest absolute Gasteiger partial charge is 0.341 e. The summed E-state index contributed by atoms with van der Waals surface area (Å²) in [6.45, 7) is 3.25. The number of halogens is 4.